The van der Waals surface area contributed by atoms with Gasteiger partial charge in [-0.2, -0.15) is 0 Å². The van der Waals surface area contributed by atoms with Gasteiger partial charge in [-0.15, -0.1) is 20.7 Å². The molecule has 43 heavy (non-hydrogen) atoms. The van der Waals surface area contributed by atoms with Crippen molar-refractivity contribution in [3.63, 3.8) is 0 Å². The van der Waals surface area contributed by atoms with Gasteiger partial charge in [-0.3, -0.25) is 0 Å². The number of alkyl halides is 1. The summed E-state index contributed by atoms with van der Waals surface area (Å²) in [5, 5.41) is 14.9. The Morgan fingerprint density at radius 2 is 1.65 bits per heavy atom. The Labute approximate surface area is 266 Å². The molecule has 3 atom stereocenters. The van der Waals surface area contributed by atoms with Crippen molar-refractivity contribution in [2.45, 2.75) is 70.3 Å². The Bertz CT molecular complexity index is 1670. The fourth-order valence-corrected chi connectivity index (χ4v) is 11.2. The lowest BCUT2D eigenvalue weighted by Crippen LogP contribution is -2.33. The Morgan fingerprint density at radius 1 is 0.814 bits per heavy atom. The zero-order valence-electron chi connectivity index (χ0n) is 25.0. The smallest absolute Gasteiger partial charge is 0.123 e. The SMILES string of the molecule is Oc1ccccc1C1=CCC2=C(C3CC3)C=ICC2C(NC2CCCC(Cc3ccc4c(c3)Cc3ccccc3-4)CC2)=C1. The molecule has 0 aromatic heterocycles. The number of benzene rings is 3. The van der Waals surface area contributed by atoms with Crippen LogP contribution in [-0.2, 0) is 12.8 Å². The van der Waals surface area contributed by atoms with Gasteiger partial charge in [0.1, 0.15) is 5.75 Å². The fraction of sp³-hybridized carbons (Fsp3) is 0.375. The molecular weight excluding hydrogens is 637 g/mol. The van der Waals surface area contributed by atoms with Gasteiger partial charge in [-0.25, -0.2) is 0 Å². The number of hydrogen-bond donors (Lipinski definition) is 2. The summed E-state index contributed by atoms with van der Waals surface area (Å²) < 4.78 is 3.97. The molecule has 5 aliphatic rings. The van der Waals surface area contributed by atoms with E-state index in [0.29, 0.717) is 17.7 Å². The second kappa shape index (κ2) is 11.9. The highest BCUT2D eigenvalue weighted by molar-refractivity contribution is 14.2. The lowest BCUT2D eigenvalue weighted by atomic mass is 9.89. The predicted molar refractivity (Wildman–Crippen MR) is 189 cm³/mol. The molecule has 0 radical (unpaired) electrons. The lowest BCUT2D eigenvalue weighted by molar-refractivity contribution is 0.441. The van der Waals surface area contributed by atoms with Crippen LogP contribution >= 0.6 is 20.7 Å². The summed E-state index contributed by atoms with van der Waals surface area (Å²) in [6.07, 6.45) is 17.3. The van der Waals surface area contributed by atoms with Gasteiger partial charge in [0, 0.05) is 27.6 Å². The molecule has 2 nitrogen and oxygen atoms in total. The zero-order valence-corrected chi connectivity index (χ0v) is 27.2. The summed E-state index contributed by atoms with van der Waals surface area (Å²) in [6.45, 7) is 0. The Morgan fingerprint density at radius 3 is 2.53 bits per heavy atom. The van der Waals surface area contributed by atoms with Crippen LogP contribution in [0.4, 0.5) is 0 Å². The van der Waals surface area contributed by atoms with E-state index < -0.39 is 0 Å². The van der Waals surface area contributed by atoms with Gasteiger partial charge in [0.25, 0.3) is 0 Å². The number of aromatic hydroxyl groups is 1. The first-order chi connectivity index (χ1) is 21.2. The van der Waals surface area contributed by atoms with Crippen LogP contribution in [0.25, 0.3) is 16.7 Å². The first-order valence-corrected chi connectivity index (χ1v) is 19.3. The molecule has 2 saturated carbocycles. The molecule has 3 heteroatoms. The van der Waals surface area contributed by atoms with Crippen molar-refractivity contribution < 1.29 is 5.11 Å². The van der Waals surface area contributed by atoms with Crippen molar-refractivity contribution in [3.05, 3.63) is 118 Å². The minimum atomic E-state index is 0.0989. The van der Waals surface area contributed by atoms with E-state index in [1.807, 2.05) is 18.2 Å². The molecular formula is C40H42INO. The molecule has 3 aromatic carbocycles. The molecule has 3 unspecified atom stereocenters. The first-order valence-electron chi connectivity index (χ1n) is 16.5. The third-order valence-electron chi connectivity index (χ3n) is 10.5. The van der Waals surface area contributed by atoms with Gasteiger partial charge >= 0.3 is 0 Å². The van der Waals surface area contributed by atoms with Gasteiger partial charge in [-0.05, 0) is 118 Å². The van der Waals surface area contributed by atoms with E-state index in [0.717, 1.165) is 30.2 Å². The molecule has 0 bridgehead atoms. The number of halogens is 1. The highest BCUT2D eigenvalue weighted by Gasteiger charge is 2.34. The van der Waals surface area contributed by atoms with Crippen LogP contribution in [0, 0.1) is 17.8 Å². The molecule has 0 spiro atoms. The van der Waals surface area contributed by atoms with Gasteiger partial charge in [-0.1, -0.05) is 85.2 Å². The number of hydrogen-bond acceptors (Lipinski definition) is 2. The van der Waals surface area contributed by atoms with Crippen LogP contribution in [0.2, 0.25) is 0 Å². The average molecular weight is 680 g/mol. The van der Waals surface area contributed by atoms with Crippen molar-refractivity contribution in [2.24, 2.45) is 17.8 Å². The largest absolute Gasteiger partial charge is 0.507 e. The van der Waals surface area contributed by atoms with Crippen molar-refractivity contribution in [3.8, 4) is 16.9 Å². The first kappa shape index (κ1) is 27.6. The van der Waals surface area contributed by atoms with E-state index in [4.69, 9.17) is 0 Å². The Hall–Kier alpha value is -2.92. The van der Waals surface area contributed by atoms with Crippen molar-refractivity contribution >= 4 is 30.3 Å². The topological polar surface area (TPSA) is 32.3 Å². The maximum Gasteiger partial charge on any atom is 0.123 e. The van der Waals surface area contributed by atoms with E-state index in [1.165, 1.54) is 94.9 Å². The second-order valence-corrected chi connectivity index (χ2v) is 15.8. The van der Waals surface area contributed by atoms with E-state index >= 15 is 0 Å². The van der Waals surface area contributed by atoms with Gasteiger partial charge in [0.05, 0.1) is 0 Å². The normalized spacial score (nSPS) is 24.9. The third-order valence-corrected chi connectivity index (χ3v) is 13.0. The van der Waals surface area contributed by atoms with Crippen LogP contribution in [0.15, 0.2) is 95.7 Å². The summed E-state index contributed by atoms with van der Waals surface area (Å²) in [5.74, 6) is 2.49. The molecule has 0 amide bonds. The number of para-hydroxylation sites is 1. The van der Waals surface area contributed by atoms with Crippen LogP contribution in [0.5, 0.6) is 5.75 Å². The minimum Gasteiger partial charge on any atom is -0.507 e. The zero-order chi connectivity index (χ0) is 28.8. The molecule has 0 saturated heterocycles. The van der Waals surface area contributed by atoms with Gasteiger partial charge < -0.3 is 10.4 Å². The van der Waals surface area contributed by atoms with Crippen LogP contribution in [0.3, 0.4) is 0 Å². The number of phenols is 1. The summed E-state index contributed by atoms with van der Waals surface area (Å²) in [6, 6.07) is 24.6. The second-order valence-electron chi connectivity index (χ2n) is 13.5. The summed E-state index contributed by atoms with van der Waals surface area (Å²) >= 11 is 0.0989. The van der Waals surface area contributed by atoms with Crippen LogP contribution in [0.1, 0.15) is 73.6 Å². The van der Waals surface area contributed by atoms with Crippen LogP contribution < -0.4 is 5.32 Å². The highest BCUT2D eigenvalue weighted by Crippen LogP contribution is 2.46. The number of rotatable bonds is 6. The maximum atomic E-state index is 10.8. The van der Waals surface area contributed by atoms with Crippen LogP contribution in [-0.4, -0.2) is 19.6 Å². The van der Waals surface area contributed by atoms with Gasteiger partial charge in [0.15, 0.2) is 0 Å². The van der Waals surface area contributed by atoms with Crippen molar-refractivity contribution in [1.82, 2.24) is 5.32 Å². The highest BCUT2D eigenvalue weighted by atomic mass is 127. The third kappa shape index (κ3) is 5.70. The van der Waals surface area contributed by atoms with Gasteiger partial charge in [0.2, 0.25) is 0 Å². The maximum absolute atomic E-state index is 10.8. The number of phenolic OH excluding ortho intramolecular Hbond substituents is 1. The quantitative estimate of drug-likeness (QED) is 0.121. The van der Waals surface area contributed by atoms with Crippen molar-refractivity contribution in [2.75, 3.05) is 4.43 Å². The van der Waals surface area contributed by atoms with E-state index in [-0.39, 0.29) is 20.7 Å². The molecule has 4 aliphatic carbocycles. The summed E-state index contributed by atoms with van der Waals surface area (Å²) in [7, 11) is 0. The standard InChI is InChI=1S/C40H42INO/c43-40-11-4-3-10-35(40)30-16-19-36-37(28-14-15-28)24-41-25-38(36)39(23-30)42-32-8-5-6-26(12-17-32)20-27-13-18-34-31(21-27)22-29-7-1-2-9-33(29)34/h1-4,7,9-11,13,16,18,21,23-24,26,28,32,38,42-43H,5-6,8,12,14-15,17,19-20,22,25H2. The molecule has 1 heterocycles. The Balaban J connectivity index is 0.993. The molecule has 8 rings (SSSR count). The van der Waals surface area contributed by atoms with Crippen molar-refractivity contribution in [1.29, 1.82) is 0 Å². The summed E-state index contributed by atoms with van der Waals surface area (Å²) in [5.41, 5.74) is 14.3. The molecule has 2 N–H and O–H groups in total. The van der Waals surface area contributed by atoms with E-state index in [9.17, 15) is 5.11 Å². The Kier molecular flexibility index (Phi) is 7.63. The number of nitrogens with one attached hydrogen (secondary N) is 1. The number of fused-ring (bicyclic) bond motifs is 4. The predicted octanol–water partition coefficient (Wildman–Crippen LogP) is 9.52. The monoisotopic (exact) mass is 679 g/mol. The number of allylic oxidation sites excluding steroid dienone is 5. The van der Waals surface area contributed by atoms with E-state index in [2.05, 4.69) is 70.0 Å². The lowest BCUT2D eigenvalue weighted by Gasteiger charge is -2.30. The van der Waals surface area contributed by atoms with E-state index in [1.54, 1.807) is 11.1 Å². The average Bonchev–Trinajstić information content (AvgIpc) is 3.85. The molecule has 2 fully saturated rings. The summed E-state index contributed by atoms with van der Waals surface area (Å²) in [4.78, 5) is 0. The molecule has 220 valence electrons. The fourth-order valence-electron chi connectivity index (χ4n) is 8.07. The minimum absolute atomic E-state index is 0.0989. The molecule has 1 aliphatic heterocycles. The molecule has 3 aromatic rings.